The van der Waals surface area contributed by atoms with Crippen LogP contribution in [0.25, 0.3) is 11.4 Å². The number of nitrogens with zero attached hydrogens (tertiary/aromatic N) is 4. The lowest BCUT2D eigenvalue weighted by molar-refractivity contribution is 0.192. The van der Waals surface area contributed by atoms with Crippen molar-refractivity contribution in [3.63, 3.8) is 0 Å². The van der Waals surface area contributed by atoms with Crippen molar-refractivity contribution >= 4 is 23.6 Å². The maximum absolute atomic E-state index is 5.78. The molecule has 0 aliphatic carbocycles. The van der Waals surface area contributed by atoms with Gasteiger partial charge in [0.05, 0.1) is 19.3 Å². The molecule has 1 aliphatic heterocycles. The number of likely N-dealkylation sites (tertiary alicyclic amines) is 1. The van der Waals surface area contributed by atoms with Crippen molar-refractivity contribution in [1.82, 2.24) is 19.2 Å². The number of rotatable bonds is 7. The number of para-hydroxylation sites is 1. The Bertz CT molecular complexity index is 1010. The third kappa shape index (κ3) is 3.57. The van der Waals surface area contributed by atoms with Crippen LogP contribution in [-0.2, 0) is 13.2 Å². The van der Waals surface area contributed by atoms with Crippen molar-refractivity contribution in [3.8, 4) is 17.1 Å². The number of hydrogen-bond donors (Lipinski definition) is 0. The summed E-state index contributed by atoms with van der Waals surface area (Å²) in [7, 11) is 1.68. The predicted molar refractivity (Wildman–Crippen MR) is 116 cm³/mol. The molecule has 2 aromatic heterocycles. The van der Waals surface area contributed by atoms with Crippen molar-refractivity contribution in [2.45, 2.75) is 32.1 Å². The van der Waals surface area contributed by atoms with E-state index >= 15 is 0 Å². The number of thiophene rings is 1. The molecule has 1 aromatic carbocycles. The third-order valence-corrected chi connectivity index (χ3v) is 6.54. The molecular weight excluding hydrogens is 388 g/mol. The minimum atomic E-state index is 0.446. The van der Waals surface area contributed by atoms with Gasteiger partial charge in [-0.25, -0.2) is 4.68 Å². The fraction of sp³-hybridized carbons (Fsp3) is 0.333. The second kappa shape index (κ2) is 8.43. The zero-order valence-corrected chi connectivity index (χ0v) is 17.6. The SMILES string of the molecule is C=CCn1c(-c2ccccc2OC)nn(CN2CCC[C@@H]2c2cccs2)c1=S. The Morgan fingerprint density at radius 3 is 2.93 bits per heavy atom. The highest BCUT2D eigenvalue weighted by Crippen LogP contribution is 2.35. The number of aromatic nitrogens is 3. The number of benzene rings is 1. The first kappa shape index (κ1) is 19.1. The Morgan fingerprint density at radius 1 is 1.32 bits per heavy atom. The average Bonchev–Trinajstić information content (AvgIpc) is 3.45. The van der Waals surface area contributed by atoms with Gasteiger partial charge in [-0.2, -0.15) is 5.10 Å². The summed E-state index contributed by atoms with van der Waals surface area (Å²) in [5.74, 6) is 1.60. The quantitative estimate of drug-likeness (QED) is 0.398. The van der Waals surface area contributed by atoms with Crippen LogP contribution in [0.15, 0.2) is 54.4 Å². The van der Waals surface area contributed by atoms with Crippen LogP contribution in [0.3, 0.4) is 0 Å². The van der Waals surface area contributed by atoms with E-state index in [1.807, 2.05) is 50.9 Å². The Hall–Kier alpha value is -2.22. The van der Waals surface area contributed by atoms with Gasteiger partial charge in [-0.05, 0) is 48.6 Å². The Balaban J connectivity index is 1.70. The van der Waals surface area contributed by atoms with Crippen LogP contribution in [-0.4, -0.2) is 32.9 Å². The molecule has 0 bridgehead atoms. The highest BCUT2D eigenvalue weighted by atomic mass is 32.1. The second-order valence-corrected chi connectivity index (χ2v) is 8.18. The van der Waals surface area contributed by atoms with Crippen LogP contribution in [0.1, 0.15) is 23.8 Å². The molecule has 0 radical (unpaired) electrons. The lowest BCUT2D eigenvalue weighted by Crippen LogP contribution is -2.26. The first-order chi connectivity index (χ1) is 13.7. The van der Waals surface area contributed by atoms with Crippen molar-refractivity contribution in [3.05, 3.63) is 64.1 Å². The first-order valence-corrected chi connectivity index (χ1v) is 10.7. The predicted octanol–water partition coefficient (Wildman–Crippen LogP) is 5.13. The zero-order chi connectivity index (χ0) is 19.5. The van der Waals surface area contributed by atoms with E-state index in [9.17, 15) is 0 Å². The molecular formula is C21H24N4OS2. The molecule has 1 saturated heterocycles. The molecule has 7 heteroatoms. The first-order valence-electron chi connectivity index (χ1n) is 9.42. The standard InChI is InChI=1S/C21H24N4OS2/c1-3-12-24-20(16-8-4-5-10-18(16)26-2)22-25(21(24)27)15-23-13-6-9-17(23)19-11-7-14-28-19/h3-5,7-8,10-11,14,17H,1,6,9,12-13,15H2,2H3/t17-/m1/s1. The van der Waals surface area contributed by atoms with Gasteiger partial charge < -0.3 is 4.74 Å². The second-order valence-electron chi connectivity index (χ2n) is 6.83. The molecule has 4 rings (SSSR count). The summed E-state index contributed by atoms with van der Waals surface area (Å²) in [6.45, 7) is 6.25. The van der Waals surface area contributed by atoms with Gasteiger partial charge in [0.2, 0.25) is 0 Å². The molecule has 0 unspecified atom stereocenters. The summed E-state index contributed by atoms with van der Waals surface area (Å²) < 4.78 is 10.2. The van der Waals surface area contributed by atoms with Gasteiger partial charge in [0.1, 0.15) is 5.75 Å². The van der Waals surface area contributed by atoms with Gasteiger partial charge in [-0.1, -0.05) is 24.3 Å². The molecule has 0 amide bonds. The number of allylic oxidation sites excluding steroid dienone is 1. The summed E-state index contributed by atoms with van der Waals surface area (Å²) in [6, 6.07) is 12.7. The maximum Gasteiger partial charge on any atom is 0.199 e. The summed E-state index contributed by atoms with van der Waals surface area (Å²) in [5, 5.41) is 7.04. The molecule has 3 heterocycles. The van der Waals surface area contributed by atoms with Gasteiger partial charge in [0, 0.05) is 24.0 Å². The average molecular weight is 413 g/mol. The topological polar surface area (TPSA) is 35.2 Å². The van der Waals surface area contributed by atoms with E-state index in [-0.39, 0.29) is 0 Å². The van der Waals surface area contributed by atoms with E-state index in [0.717, 1.165) is 23.7 Å². The molecule has 1 aliphatic rings. The Morgan fingerprint density at radius 2 is 2.18 bits per heavy atom. The molecule has 1 atom stereocenters. The maximum atomic E-state index is 5.78. The Kier molecular flexibility index (Phi) is 5.75. The number of hydrogen-bond acceptors (Lipinski definition) is 5. The van der Waals surface area contributed by atoms with Crippen molar-refractivity contribution < 1.29 is 4.74 Å². The third-order valence-electron chi connectivity index (χ3n) is 5.13. The summed E-state index contributed by atoms with van der Waals surface area (Å²) in [6.07, 6.45) is 4.23. The number of methoxy groups -OCH3 is 1. The zero-order valence-electron chi connectivity index (χ0n) is 16.0. The van der Waals surface area contributed by atoms with Crippen molar-refractivity contribution in [2.75, 3.05) is 13.7 Å². The normalized spacial score (nSPS) is 17.1. The molecule has 5 nitrogen and oxygen atoms in total. The molecule has 0 N–H and O–H groups in total. The van der Waals surface area contributed by atoms with Gasteiger partial charge in [0.25, 0.3) is 0 Å². The highest BCUT2D eigenvalue weighted by molar-refractivity contribution is 7.71. The van der Waals surface area contributed by atoms with Crippen molar-refractivity contribution in [2.24, 2.45) is 0 Å². The summed E-state index contributed by atoms with van der Waals surface area (Å²) in [4.78, 5) is 3.89. The van der Waals surface area contributed by atoms with Crippen LogP contribution in [0.5, 0.6) is 5.75 Å². The smallest absolute Gasteiger partial charge is 0.199 e. The van der Waals surface area contributed by atoms with E-state index in [2.05, 4.69) is 29.0 Å². The van der Waals surface area contributed by atoms with Gasteiger partial charge >= 0.3 is 0 Å². The molecule has 1 fully saturated rings. The van der Waals surface area contributed by atoms with Crippen LogP contribution in [0, 0.1) is 4.77 Å². The van der Waals surface area contributed by atoms with E-state index in [4.69, 9.17) is 22.1 Å². The monoisotopic (exact) mass is 412 g/mol. The minimum Gasteiger partial charge on any atom is -0.496 e. The molecule has 28 heavy (non-hydrogen) atoms. The van der Waals surface area contributed by atoms with Gasteiger partial charge in [-0.15, -0.1) is 17.9 Å². The van der Waals surface area contributed by atoms with Crippen LogP contribution in [0.4, 0.5) is 0 Å². The highest BCUT2D eigenvalue weighted by Gasteiger charge is 2.28. The molecule has 0 saturated carbocycles. The largest absolute Gasteiger partial charge is 0.496 e. The summed E-state index contributed by atoms with van der Waals surface area (Å²) in [5.41, 5.74) is 0.938. The van der Waals surface area contributed by atoms with Crippen LogP contribution in [0.2, 0.25) is 0 Å². The van der Waals surface area contributed by atoms with Crippen LogP contribution < -0.4 is 4.74 Å². The minimum absolute atomic E-state index is 0.446. The summed E-state index contributed by atoms with van der Waals surface area (Å²) >= 11 is 7.61. The van der Waals surface area contributed by atoms with E-state index < -0.39 is 0 Å². The van der Waals surface area contributed by atoms with E-state index in [1.54, 1.807) is 7.11 Å². The lowest BCUT2D eigenvalue weighted by atomic mass is 10.2. The fourth-order valence-corrected chi connectivity index (χ4v) is 4.98. The van der Waals surface area contributed by atoms with Gasteiger partial charge in [-0.3, -0.25) is 9.47 Å². The molecule has 0 spiro atoms. The fourth-order valence-electron chi connectivity index (χ4n) is 3.83. The Labute approximate surface area is 174 Å². The lowest BCUT2D eigenvalue weighted by Gasteiger charge is -2.23. The molecule has 3 aromatic rings. The molecule has 146 valence electrons. The van der Waals surface area contributed by atoms with E-state index in [1.165, 1.54) is 17.7 Å². The number of ether oxygens (including phenoxy) is 1. The van der Waals surface area contributed by atoms with Crippen LogP contribution >= 0.6 is 23.6 Å². The van der Waals surface area contributed by atoms with Crippen molar-refractivity contribution in [1.29, 1.82) is 0 Å². The van der Waals surface area contributed by atoms with E-state index in [0.29, 0.717) is 24.0 Å². The van der Waals surface area contributed by atoms with Gasteiger partial charge in [0.15, 0.2) is 10.6 Å².